The molecule has 0 amide bonds. The van der Waals surface area contributed by atoms with Gasteiger partial charge in [0.15, 0.2) is 6.10 Å². The summed E-state index contributed by atoms with van der Waals surface area (Å²) in [6.07, 6.45) is 65.6. The molecule has 0 radical (unpaired) electrons. The van der Waals surface area contributed by atoms with E-state index in [0.717, 1.165) is 70.6 Å². The third-order valence-electron chi connectivity index (χ3n) is 12.9. The van der Waals surface area contributed by atoms with Gasteiger partial charge in [0.2, 0.25) is 0 Å². The van der Waals surface area contributed by atoms with E-state index in [1.807, 2.05) is 0 Å². The first-order valence-corrected chi connectivity index (χ1v) is 29.0. The number of allylic oxidation sites excluding steroid dienone is 6. The average Bonchev–Trinajstić information content (AvgIpc) is 3.31. The molecule has 0 fully saturated rings. The Kier molecular flexibility index (Phi) is 53.2. The van der Waals surface area contributed by atoms with Crippen molar-refractivity contribution >= 4 is 17.9 Å². The molecule has 6 nitrogen and oxygen atoms in total. The van der Waals surface area contributed by atoms with E-state index in [1.165, 1.54) is 199 Å². The summed E-state index contributed by atoms with van der Waals surface area (Å²) >= 11 is 0. The molecule has 1 atom stereocenters. The van der Waals surface area contributed by atoms with Gasteiger partial charge in [0, 0.05) is 19.3 Å². The van der Waals surface area contributed by atoms with E-state index in [4.69, 9.17) is 14.2 Å². The minimum atomic E-state index is -0.774. The molecule has 6 heteroatoms. The topological polar surface area (TPSA) is 78.9 Å². The van der Waals surface area contributed by atoms with Crippen LogP contribution in [0.4, 0.5) is 0 Å². The number of unbranched alkanes of at least 4 members (excludes halogenated alkanes) is 36. The van der Waals surface area contributed by atoms with Gasteiger partial charge in [-0.25, -0.2) is 0 Å². The number of carbonyl (C=O) groups excluding carboxylic acids is 3. The van der Waals surface area contributed by atoms with Crippen LogP contribution >= 0.6 is 0 Å². The molecular formula is C60H110O6. The standard InChI is InChI=1S/C60H110O6/c1-4-7-10-13-16-19-22-25-27-29-30-31-33-35-38-41-44-47-50-53-59(62)65-56-57(55-64-58(61)52-49-46-43-40-37-34-24-21-18-15-12-9-6-3)66-60(63)54-51-48-45-42-39-36-32-28-26-23-20-17-14-11-8-5-2/h16,19,21,24-25,27,57H,4-15,17-18,20,22-23,26,28-56H2,1-3H3/b19-16-,24-21-,27-25-/t57-/m1/s1. The van der Waals surface area contributed by atoms with E-state index in [-0.39, 0.29) is 31.1 Å². The molecule has 0 aliphatic heterocycles. The molecule has 386 valence electrons. The number of hydrogen-bond donors (Lipinski definition) is 0. The molecule has 0 aromatic heterocycles. The van der Waals surface area contributed by atoms with Crippen molar-refractivity contribution in [2.75, 3.05) is 13.2 Å². The lowest BCUT2D eigenvalue weighted by Crippen LogP contribution is -2.30. The quantitative estimate of drug-likeness (QED) is 0.0262. The van der Waals surface area contributed by atoms with E-state index in [1.54, 1.807) is 0 Å². The summed E-state index contributed by atoms with van der Waals surface area (Å²) in [6.45, 7) is 6.63. The average molecular weight is 928 g/mol. The highest BCUT2D eigenvalue weighted by Crippen LogP contribution is 2.16. The van der Waals surface area contributed by atoms with E-state index in [0.29, 0.717) is 19.3 Å². The minimum Gasteiger partial charge on any atom is -0.462 e. The van der Waals surface area contributed by atoms with Crippen LogP contribution in [0.25, 0.3) is 0 Å². The number of esters is 3. The Morgan fingerprint density at radius 1 is 0.303 bits per heavy atom. The molecule has 0 unspecified atom stereocenters. The van der Waals surface area contributed by atoms with Crippen molar-refractivity contribution in [1.82, 2.24) is 0 Å². The van der Waals surface area contributed by atoms with Crippen molar-refractivity contribution in [3.63, 3.8) is 0 Å². The lowest BCUT2D eigenvalue weighted by Gasteiger charge is -2.18. The maximum Gasteiger partial charge on any atom is 0.306 e. The third kappa shape index (κ3) is 52.6. The van der Waals surface area contributed by atoms with Crippen LogP contribution in [0.5, 0.6) is 0 Å². The van der Waals surface area contributed by atoms with Gasteiger partial charge in [-0.3, -0.25) is 14.4 Å². The summed E-state index contributed by atoms with van der Waals surface area (Å²) in [4.78, 5) is 38.1. The first-order valence-electron chi connectivity index (χ1n) is 29.0. The first kappa shape index (κ1) is 63.6. The predicted molar refractivity (Wildman–Crippen MR) is 284 cm³/mol. The lowest BCUT2D eigenvalue weighted by molar-refractivity contribution is -0.167. The second-order valence-corrected chi connectivity index (χ2v) is 19.6. The fourth-order valence-electron chi connectivity index (χ4n) is 8.47. The van der Waals surface area contributed by atoms with Crippen LogP contribution in [0, 0.1) is 0 Å². The fraction of sp³-hybridized carbons (Fsp3) is 0.850. The number of rotatable bonds is 53. The fourth-order valence-corrected chi connectivity index (χ4v) is 8.47. The molecule has 0 rings (SSSR count). The second kappa shape index (κ2) is 55.2. The van der Waals surface area contributed by atoms with Gasteiger partial charge in [-0.15, -0.1) is 0 Å². The van der Waals surface area contributed by atoms with Crippen molar-refractivity contribution < 1.29 is 28.6 Å². The molecule has 0 aromatic rings. The van der Waals surface area contributed by atoms with Crippen molar-refractivity contribution in [3.05, 3.63) is 36.5 Å². The molecule has 0 saturated carbocycles. The third-order valence-corrected chi connectivity index (χ3v) is 12.9. The van der Waals surface area contributed by atoms with Crippen LogP contribution in [0.15, 0.2) is 36.5 Å². The Morgan fingerprint density at radius 3 is 0.894 bits per heavy atom. The van der Waals surface area contributed by atoms with Crippen LogP contribution in [-0.2, 0) is 28.6 Å². The molecule has 0 aliphatic carbocycles. The summed E-state index contributed by atoms with van der Waals surface area (Å²) in [5, 5.41) is 0. The summed E-state index contributed by atoms with van der Waals surface area (Å²) in [7, 11) is 0. The molecule has 0 aliphatic rings. The second-order valence-electron chi connectivity index (χ2n) is 19.6. The van der Waals surface area contributed by atoms with Crippen LogP contribution < -0.4 is 0 Å². The van der Waals surface area contributed by atoms with Gasteiger partial charge in [0.05, 0.1) is 0 Å². The van der Waals surface area contributed by atoms with Crippen molar-refractivity contribution in [1.29, 1.82) is 0 Å². The van der Waals surface area contributed by atoms with Crippen LogP contribution in [0.3, 0.4) is 0 Å². The van der Waals surface area contributed by atoms with Gasteiger partial charge in [0.1, 0.15) is 13.2 Å². The lowest BCUT2D eigenvalue weighted by atomic mass is 10.0. The maximum atomic E-state index is 12.8. The molecule has 0 bridgehead atoms. The molecule has 66 heavy (non-hydrogen) atoms. The smallest absolute Gasteiger partial charge is 0.306 e. The van der Waals surface area contributed by atoms with Crippen LogP contribution in [0.2, 0.25) is 0 Å². The van der Waals surface area contributed by atoms with Gasteiger partial charge in [-0.05, 0) is 77.0 Å². The number of hydrogen-bond acceptors (Lipinski definition) is 6. The zero-order valence-electron chi connectivity index (χ0n) is 44.2. The Hall–Kier alpha value is -2.37. The summed E-state index contributed by atoms with van der Waals surface area (Å²) in [5.41, 5.74) is 0. The molecule has 0 saturated heterocycles. The number of ether oxygens (including phenoxy) is 3. The largest absolute Gasteiger partial charge is 0.462 e. The van der Waals surface area contributed by atoms with Crippen molar-refractivity contribution in [2.24, 2.45) is 0 Å². The van der Waals surface area contributed by atoms with Crippen LogP contribution in [0.1, 0.15) is 310 Å². The van der Waals surface area contributed by atoms with Crippen molar-refractivity contribution in [3.8, 4) is 0 Å². The van der Waals surface area contributed by atoms with Gasteiger partial charge in [-0.2, -0.15) is 0 Å². The zero-order valence-corrected chi connectivity index (χ0v) is 44.2. The Bertz CT molecular complexity index is 1110. The monoisotopic (exact) mass is 927 g/mol. The Balaban J connectivity index is 4.33. The van der Waals surface area contributed by atoms with Crippen LogP contribution in [-0.4, -0.2) is 37.2 Å². The van der Waals surface area contributed by atoms with E-state index >= 15 is 0 Å². The normalized spacial score (nSPS) is 12.2. The highest BCUT2D eigenvalue weighted by Gasteiger charge is 2.19. The highest BCUT2D eigenvalue weighted by molar-refractivity contribution is 5.71. The molecule has 0 N–H and O–H groups in total. The van der Waals surface area contributed by atoms with E-state index in [9.17, 15) is 14.4 Å². The molecule has 0 spiro atoms. The van der Waals surface area contributed by atoms with E-state index < -0.39 is 6.10 Å². The molecule has 0 aromatic carbocycles. The predicted octanol–water partition coefficient (Wildman–Crippen LogP) is 19.3. The maximum absolute atomic E-state index is 12.8. The summed E-state index contributed by atoms with van der Waals surface area (Å²) < 4.78 is 16.9. The Morgan fingerprint density at radius 2 is 0.545 bits per heavy atom. The van der Waals surface area contributed by atoms with Crippen molar-refractivity contribution in [2.45, 2.75) is 316 Å². The summed E-state index contributed by atoms with van der Waals surface area (Å²) in [6, 6.07) is 0. The SMILES string of the molecule is CCCCC/C=C\C/C=C\CCCCCCCCCCCC(=O)OC[C@@H](COC(=O)CCCCCCC/C=C\CCCCCC)OC(=O)CCCCCCCCCCCCCCCCCC. The van der Waals surface area contributed by atoms with E-state index in [2.05, 4.69) is 57.2 Å². The highest BCUT2D eigenvalue weighted by atomic mass is 16.6. The molecule has 0 heterocycles. The summed E-state index contributed by atoms with van der Waals surface area (Å²) in [5.74, 6) is -0.868. The van der Waals surface area contributed by atoms with Gasteiger partial charge in [-0.1, -0.05) is 250 Å². The molecular weight excluding hydrogens is 817 g/mol. The van der Waals surface area contributed by atoms with Gasteiger partial charge in [0.25, 0.3) is 0 Å². The number of carbonyl (C=O) groups is 3. The first-order chi connectivity index (χ1) is 32.5. The minimum absolute atomic E-state index is 0.0734. The Labute approximate surface area is 410 Å². The zero-order chi connectivity index (χ0) is 47.9. The van der Waals surface area contributed by atoms with Gasteiger partial charge < -0.3 is 14.2 Å². The van der Waals surface area contributed by atoms with Gasteiger partial charge >= 0.3 is 17.9 Å².